The lowest BCUT2D eigenvalue weighted by atomic mass is 9.87. The van der Waals surface area contributed by atoms with E-state index in [1.165, 1.54) is 35.4 Å². The quantitative estimate of drug-likeness (QED) is 0.571. The molecule has 1 aromatic carbocycles. The highest BCUT2D eigenvalue weighted by Crippen LogP contribution is 2.46. The number of anilines is 1. The third kappa shape index (κ3) is 3.67. The third-order valence-corrected chi connectivity index (χ3v) is 5.80. The Kier molecular flexibility index (Phi) is 5.50. The highest BCUT2D eigenvalue weighted by Gasteiger charge is 2.29. The van der Waals surface area contributed by atoms with E-state index in [2.05, 4.69) is 66.9 Å². The second kappa shape index (κ2) is 7.59. The Morgan fingerprint density at radius 2 is 2.09 bits per heavy atom. The van der Waals surface area contributed by atoms with Crippen LogP contribution in [0.2, 0.25) is 0 Å². The van der Waals surface area contributed by atoms with Gasteiger partial charge in [-0.2, -0.15) is 0 Å². The van der Waals surface area contributed by atoms with Crippen LogP contribution >= 0.6 is 11.9 Å². The van der Waals surface area contributed by atoms with Gasteiger partial charge < -0.3 is 9.62 Å². The zero-order chi connectivity index (χ0) is 16.2. The van der Waals surface area contributed by atoms with Crippen LogP contribution in [0.15, 0.2) is 46.9 Å². The summed E-state index contributed by atoms with van der Waals surface area (Å²) in [6.45, 7) is 5.68. The zero-order valence-electron chi connectivity index (χ0n) is 14.5. The molecule has 2 unspecified atom stereocenters. The first-order chi connectivity index (χ1) is 11.2. The minimum atomic E-state index is 0.350. The average Bonchev–Trinajstić information content (AvgIpc) is 2.67. The van der Waals surface area contributed by atoms with Crippen LogP contribution in [0.25, 0.3) is 0 Å². The Bertz CT molecular complexity index is 605. The number of para-hydroxylation sites is 1. The molecular formula is C20H28N2S. The van der Waals surface area contributed by atoms with Gasteiger partial charge in [0.1, 0.15) is 0 Å². The van der Waals surface area contributed by atoms with Gasteiger partial charge in [0.05, 0.1) is 11.7 Å². The molecule has 0 bridgehead atoms. The molecule has 0 saturated carbocycles. The summed E-state index contributed by atoms with van der Waals surface area (Å²) >= 11 is 1.87. The second-order valence-electron chi connectivity index (χ2n) is 6.67. The van der Waals surface area contributed by atoms with Gasteiger partial charge in [0.15, 0.2) is 0 Å². The van der Waals surface area contributed by atoms with Crippen molar-refractivity contribution in [3.8, 4) is 0 Å². The molecule has 1 aromatic rings. The molecule has 1 aliphatic carbocycles. The summed E-state index contributed by atoms with van der Waals surface area (Å²) in [7, 11) is 2.18. The Morgan fingerprint density at radius 1 is 1.26 bits per heavy atom. The predicted octanol–water partition coefficient (Wildman–Crippen LogP) is 5.46. The Labute approximate surface area is 145 Å². The maximum absolute atomic E-state index is 3.86. The highest BCUT2D eigenvalue weighted by molar-refractivity contribution is 8.04. The Hall–Kier alpha value is -1.19. The number of nitrogens with zero attached hydrogens (tertiary/aromatic N) is 1. The van der Waals surface area contributed by atoms with Crippen LogP contribution in [-0.4, -0.2) is 13.6 Å². The van der Waals surface area contributed by atoms with Gasteiger partial charge in [-0.25, -0.2) is 0 Å². The molecule has 3 heteroatoms. The number of allylic oxidation sites excluding steroid dienone is 2. The Balaban J connectivity index is 1.94. The van der Waals surface area contributed by atoms with Gasteiger partial charge in [-0.3, -0.25) is 0 Å². The molecule has 0 spiro atoms. The normalized spacial score (nSPS) is 23.5. The van der Waals surface area contributed by atoms with Crippen LogP contribution < -0.4 is 9.62 Å². The van der Waals surface area contributed by atoms with Gasteiger partial charge in [0.25, 0.3) is 0 Å². The lowest BCUT2D eigenvalue weighted by molar-refractivity contribution is 0.530. The van der Waals surface area contributed by atoms with Gasteiger partial charge >= 0.3 is 0 Å². The maximum atomic E-state index is 3.86. The van der Waals surface area contributed by atoms with Crippen molar-refractivity contribution in [1.82, 2.24) is 5.32 Å². The number of hydrogen-bond donors (Lipinski definition) is 1. The molecule has 2 nitrogen and oxygen atoms in total. The molecule has 0 aromatic heterocycles. The van der Waals surface area contributed by atoms with E-state index in [-0.39, 0.29) is 0 Å². The number of benzene rings is 1. The third-order valence-electron chi connectivity index (χ3n) is 4.73. The fourth-order valence-electron chi connectivity index (χ4n) is 3.48. The fourth-order valence-corrected chi connectivity index (χ4v) is 4.50. The summed E-state index contributed by atoms with van der Waals surface area (Å²) in [5, 5.41) is 3.86. The number of fused-ring (bicyclic) bond motifs is 1. The van der Waals surface area contributed by atoms with Gasteiger partial charge in [0, 0.05) is 12.0 Å². The molecule has 0 fully saturated rings. The van der Waals surface area contributed by atoms with Crippen molar-refractivity contribution in [2.75, 3.05) is 17.9 Å². The second-order valence-corrected chi connectivity index (χ2v) is 7.84. The molecule has 0 amide bonds. The van der Waals surface area contributed by atoms with E-state index in [1.54, 1.807) is 5.57 Å². The number of nitrogens with one attached hydrogen (secondary N) is 1. The van der Waals surface area contributed by atoms with Crippen LogP contribution in [0, 0.1) is 5.92 Å². The van der Waals surface area contributed by atoms with Crippen molar-refractivity contribution in [2.45, 2.75) is 45.6 Å². The molecule has 23 heavy (non-hydrogen) atoms. The highest BCUT2D eigenvalue weighted by atomic mass is 32.2. The largest absolute Gasteiger partial charge is 0.315 e. The topological polar surface area (TPSA) is 15.3 Å². The molecule has 124 valence electrons. The van der Waals surface area contributed by atoms with Crippen LogP contribution in [0.1, 0.15) is 51.1 Å². The minimum Gasteiger partial charge on any atom is -0.315 e. The van der Waals surface area contributed by atoms with Crippen LogP contribution in [-0.2, 0) is 0 Å². The molecule has 1 heterocycles. The van der Waals surface area contributed by atoms with E-state index in [0.717, 1.165) is 13.0 Å². The van der Waals surface area contributed by atoms with E-state index in [0.29, 0.717) is 12.0 Å². The van der Waals surface area contributed by atoms with Gasteiger partial charge in [-0.05, 0) is 54.5 Å². The minimum absolute atomic E-state index is 0.350. The van der Waals surface area contributed by atoms with E-state index in [4.69, 9.17) is 0 Å². The van der Waals surface area contributed by atoms with Crippen LogP contribution in [0.4, 0.5) is 5.69 Å². The maximum Gasteiger partial charge on any atom is 0.0571 e. The molecular weight excluding hydrogens is 300 g/mol. The van der Waals surface area contributed by atoms with Gasteiger partial charge in [-0.1, -0.05) is 57.0 Å². The van der Waals surface area contributed by atoms with E-state index in [1.807, 2.05) is 11.9 Å². The first kappa shape index (κ1) is 16.7. The first-order valence-electron chi connectivity index (χ1n) is 8.86. The van der Waals surface area contributed by atoms with Crippen molar-refractivity contribution < 1.29 is 0 Å². The van der Waals surface area contributed by atoms with Gasteiger partial charge in [-0.15, -0.1) is 0 Å². The summed E-state index contributed by atoms with van der Waals surface area (Å²) < 4.78 is 2.32. The Morgan fingerprint density at radius 3 is 2.91 bits per heavy atom. The number of unbranched alkanes of at least 4 members (excludes halogenated alkanes) is 2. The van der Waals surface area contributed by atoms with Crippen molar-refractivity contribution in [3.05, 3.63) is 52.5 Å². The molecule has 0 radical (unpaired) electrons. The molecule has 1 N–H and O–H groups in total. The van der Waals surface area contributed by atoms with Crippen molar-refractivity contribution in [1.29, 1.82) is 0 Å². The van der Waals surface area contributed by atoms with Crippen LogP contribution in [0.3, 0.4) is 0 Å². The fraction of sp³-hybridized carbons (Fsp3) is 0.500. The SMILES string of the molecule is CCCCCNC1C2=C(C=CC(C)C2)SN(C)c2ccccc21. The van der Waals surface area contributed by atoms with Crippen LogP contribution in [0.5, 0.6) is 0 Å². The zero-order valence-corrected chi connectivity index (χ0v) is 15.3. The lowest BCUT2D eigenvalue weighted by Gasteiger charge is -2.27. The summed E-state index contributed by atoms with van der Waals surface area (Å²) in [6.07, 6.45) is 9.67. The average molecular weight is 329 g/mol. The predicted molar refractivity (Wildman–Crippen MR) is 103 cm³/mol. The van der Waals surface area contributed by atoms with Crippen molar-refractivity contribution in [2.24, 2.45) is 5.92 Å². The summed E-state index contributed by atoms with van der Waals surface area (Å²) in [5.41, 5.74) is 4.32. The molecule has 2 aliphatic rings. The number of rotatable bonds is 5. The summed E-state index contributed by atoms with van der Waals surface area (Å²) in [5.74, 6) is 0.630. The van der Waals surface area contributed by atoms with Gasteiger partial charge in [0.2, 0.25) is 0 Å². The monoisotopic (exact) mass is 328 g/mol. The van der Waals surface area contributed by atoms with Crippen molar-refractivity contribution in [3.63, 3.8) is 0 Å². The lowest BCUT2D eigenvalue weighted by Crippen LogP contribution is -2.26. The molecule has 0 saturated heterocycles. The summed E-state index contributed by atoms with van der Waals surface area (Å²) in [6, 6.07) is 9.21. The molecule has 1 aliphatic heterocycles. The van der Waals surface area contributed by atoms with E-state index in [9.17, 15) is 0 Å². The molecule has 3 rings (SSSR count). The van der Waals surface area contributed by atoms with E-state index < -0.39 is 0 Å². The van der Waals surface area contributed by atoms with E-state index >= 15 is 0 Å². The number of hydrogen-bond acceptors (Lipinski definition) is 3. The molecule has 2 atom stereocenters. The standard InChI is InChI=1S/C20H28N2S/c1-4-5-8-13-21-20-16-9-6-7-10-18(16)22(3)23-19-12-11-15(2)14-17(19)20/h6-7,9-12,15,20-21H,4-5,8,13-14H2,1-3H3. The first-order valence-corrected chi connectivity index (χ1v) is 9.63. The van der Waals surface area contributed by atoms with Crippen molar-refractivity contribution >= 4 is 17.6 Å². The smallest absolute Gasteiger partial charge is 0.0571 e. The summed E-state index contributed by atoms with van der Waals surface area (Å²) in [4.78, 5) is 1.43.